The molecule has 0 aliphatic carbocycles. The number of fused-ring (bicyclic) bond motifs is 3. The molecule has 0 radical (unpaired) electrons. The number of aromatic amines is 7. The molecule has 802 valence electrons. The van der Waals surface area contributed by atoms with Crippen LogP contribution in [0.2, 0.25) is 0 Å². The molecule has 17 N–H and O–H groups in total. The first kappa shape index (κ1) is 124. The standard InChI is InChI=1S/C18H20N2O4S.C16H20O5.C13H17ClN2O5S.C13H18N2O6S.C12H16N2O5S.C9H12N2O5S.C5H12O2.C4H4N2OS.CH5N.Li.H2O/c1-3-13-11(2)15(24-17(22)12-7-5-4-6-8-12)16(23-13)20-10-9-14(21)19-18(20)25;1-4-13-10(2)14(16(20-13)19-11(3)17)21-15(18)12-8-6-5-7-9-12;1-13(2)20-8-7(5-17)19-11(9(8)21-13)16-4-6(3-14)10(18)15-12(16)22;1-13(2)20-8-7(5-17)19-11(9(8)21-13)15-3-6(4-16)10(18)14-12(15)22;1-12(2)18-8-6(5-15)17-10(9(8)19-12)14-4-3-7(16)13-11(14)20;12-3-4-6(14)7(15)8(16-4)11-2-1-5(13)10-9(11)17;1-5(2,6-3)7-4;7-3-1-2-5-4(8)6-3;1-2;;/h4-11,13,15-16H,3H2,1-2H3,(H,19,21,25);5-10,13-14,16H,4H2,1-3H3;4,7-9,11,17H,3,5H2,1-2H3,(H,15,18,22);3,7-9,11,16-17H,4-5H2,1-2H3,(H,14,18,22);3-4,6,8-10,15H,5H2,1-2H3,(H,13,16,20);1-2,4,6-8,12,14-15H,3H2,(H,10,13,17);1-4H3;1-2H,(H2,5,6,7,8);2H2,1H3;;1H2/q;;;;;;;;;+1;/p-1/t11?,13-,15+,16-;10?,13-,14+,16-;2*7-,8?,9+,11-;6-,8?,9+,10-;4-,6?,7+,8-;;;;;/m111111...../s1. The van der Waals surface area contributed by atoms with E-state index in [1.54, 1.807) is 123 Å². The van der Waals surface area contributed by atoms with E-state index in [-0.39, 0.29) is 144 Å². The van der Waals surface area contributed by atoms with Crippen LogP contribution in [-0.2, 0) is 97.8 Å². The van der Waals surface area contributed by atoms with Gasteiger partial charge in [0.25, 0.3) is 33.4 Å². The van der Waals surface area contributed by atoms with Gasteiger partial charge in [0.05, 0.1) is 67.8 Å². The molecule has 6 aromatic heterocycles. The summed E-state index contributed by atoms with van der Waals surface area (Å²) in [5, 5.41) is 65.9. The summed E-state index contributed by atoms with van der Waals surface area (Å²) in [6.45, 7) is 22.3. The number of halogens is 1. The number of nitrogens with two attached hydrogens (primary N) is 1. The summed E-state index contributed by atoms with van der Waals surface area (Å²) in [5.74, 6) is -4.01. The molecule has 0 spiro atoms. The molecule has 9 fully saturated rings. The Morgan fingerprint density at radius 2 is 0.781 bits per heavy atom. The van der Waals surface area contributed by atoms with Crippen LogP contribution in [0.3, 0.4) is 0 Å². The molecule has 17 rings (SSSR count). The SMILES string of the molecule is CC1(C)OC2[C@@H](CO)O[C@@H](n3cc(CCl)c(=O)[nH]c3=S)[C@H]2O1.CC1(C)OC2[C@@H](CO)O[C@@H](n3cc(CO)c(=O)[nH]c3=S)[C@H]2O1.CC1(C)OC2[C@@H](CO)O[C@@H](n3ccc(=O)[nH]c3=S)[C@H]2O1.CC[C@H]1O[C@@H](OC(C)=O)[C@@H](OC(=O)c2ccccc2)C1C.CC[C@H]1O[C@@H](n2ccc(=O)[nH]c2=S)[C@@H](OC(=O)c2ccccc2)C1C.CN.COC(C)(C)OC.O=c1cc[nH]c(=S)[nH]1.O=c1ccn([C@@H]2O[C@H](CO)C(O)[C@@H]2O)c(=S)[nH]1.[Li+].[OH-]. The van der Waals surface area contributed by atoms with Crippen molar-refractivity contribution in [2.45, 2.75) is 274 Å². The van der Waals surface area contributed by atoms with Crippen molar-refractivity contribution in [3.8, 4) is 0 Å². The zero-order chi connectivity index (χ0) is 106. The maximum absolute atomic E-state index is 12.5. The molecule has 9 saturated heterocycles. The summed E-state index contributed by atoms with van der Waals surface area (Å²) in [6.07, 6.45) is -2.20. The number of alkyl halides is 1. The summed E-state index contributed by atoms with van der Waals surface area (Å²) in [5.41, 5.74) is 4.13. The van der Waals surface area contributed by atoms with Gasteiger partial charge in [-0.1, -0.05) is 64.1 Å². The number of nitrogens with one attached hydrogen (secondary N) is 7. The molecule has 8 aromatic rings. The Morgan fingerprint density at radius 1 is 0.445 bits per heavy atom. The number of ether oxygens (including phenoxy) is 17. The predicted octanol–water partition coefficient (Wildman–Crippen LogP) is 3.17. The Morgan fingerprint density at radius 3 is 1.12 bits per heavy atom. The van der Waals surface area contributed by atoms with Gasteiger partial charge in [-0.15, -0.1) is 11.6 Å². The molecule has 55 heteroatoms. The average molecular weight is 2180 g/mol. The van der Waals surface area contributed by atoms with E-state index in [1.807, 2.05) is 67.5 Å². The zero-order valence-corrected chi connectivity index (χ0v) is 88.5. The maximum Gasteiger partial charge on any atom is 1.00 e. The van der Waals surface area contributed by atoms with E-state index in [2.05, 4.69) is 52.8 Å². The number of H-pyrrole nitrogens is 7. The number of methoxy groups -OCH3 is 2. The summed E-state index contributed by atoms with van der Waals surface area (Å²) in [4.78, 5) is 121. The molecular formula is C91H125ClLiN13O34S6. The summed E-state index contributed by atoms with van der Waals surface area (Å²) in [7, 11) is 4.73. The second-order valence-electron chi connectivity index (χ2n) is 35.0. The van der Waals surface area contributed by atoms with E-state index in [0.29, 0.717) is 21.5 Å². The maximum atomic E-state index is 12.5. The summed E-state index contributed by atoms with van der Waals surface area (Å²) < 4.78 is 104. The van der Waals surface area contributed by atoms with Crippen LogP contribution in [0.1, 0.15) is 166 Å². The van der Waals surface area contributed by atoms with Crippen molar-refractivity contribution >= 4 is 103 Å². The topological polar surface area (TPSA) is 643 Å². The minimum atomic E-state index is -1.22. The molecule has 0 saturated carbocycles. The number of carbonyl (C=O) groups is 3. The van der Waals surface area contributed by atoms with Crippen molar-refractivity contribution in [1.82, 2.24) is 57.7 Å². The third-order valence-corrected chi connectivity index (χ3v) is 25.5. The zero-order valence-electron chi connectivity index (χ0n) is 82.9. The largest absolute Gasteiger partial charge is 1.00 e. The van der Waals surface area contributed by atoms with E-state index in [4.69, 9.17) is 158 Å². The fraction of sp³-hybridized carbons (Fsp3) is 0.571. The molecular weight excluding hydrogens is 2050 g/mol. The van der Waals surface area contributed by atoms with Gasteiger partial charge in [0.2, 0.25) is 6.29 Å². The Bertz CT molecular complexity index is 6220. The second kappa shape index (κ2) is 56.0. The first-order valence-electron chi connectivity index (χ1n) is 45.4. The first-order chi connectivity index (χ1) is 68.1. The number of rotatable bonds is 20. The Hall–Kier alpha value is -8.58. The minimum Gasteiger partial charge on any atom is -0.870 e. The Labute approximate surface area is 883 Å². The monoisotopic (exact) mass is 2180 g/mol. The third-order valence-electron chi connectivity index (χ3n) is 23.4. The van der Waals surface area contributed by atoms with Gasteiger partial charge in [-0.3, -0.25) is 86.3 Å². The van der Waals surface area contributed by atoms with Gasteiger partial charge >= 0.3 is 36.8 Å². The van der Waals surface area contributed by atoms with Crippen molar-refractivity contribution in [3.05, 3.63) is 235 Å². The fourth-order valence-corrected chi connectivity index (χ4v) is 17.8. The molecule has 47 nitrogen and oxygen atoms in total. The number of aliphatic hydroxyl groups is 7. The molecule has 2 aromatic carbocycles. The normalized spacial score (nSPS) is 28.2. The van der Waals surface area contributed by atoms with Gasteiger partial charge in [-0.05, 0) is 173 Å². The van der Waals surface area contributed by atoms with Gasteiger partial charge in [0, 0.05) is 100.0 Å². The average Bonchev–Trinajstić information content (AvgIpc) is 1.60. The number of aliphatic hydroxyl groups excluding tert-OH is 7. The molecule has 146 heavy (non-hydrogen) atoms. The summed E-state index contributed by atoms with van der Waals surface area (Å²) >= 11 is 36.0. The van der Waals surface area contributed by atoms with Crippen LogP contribution in [0.5, 0.6) is 0 Å². The molecule has 9 aliphatic heterocycles. The summed E-state index contributed by atoms with van der Waals surface area (Å²) in [6, 6.07) is 22.9. The number of aromatic nitrogens is 12. The van der Waals surface area contributed by atoms with E-state index in [9.17, 15) is 73.8 Å². The fourth-order valence-electron chi connectivity index (χ4n) is 16.2. The third kappa shape index (κ3) is 32.0. The van der Waals surface area contributed by atoms with Crippen LogP contribution in [-0.4, -0.2) is 292 Å². The van der Waals surface area contributed by atoms with E-state index in [0.717, 1.165) is 12.8 Å². The number of nitrogens with zero attached hydrogens (tertiary/aromatic N) is 5. The number of esters is 3. The molecule has 24 atom stereocenters. The van der Waals surface area contributed by atoms with E-state index < -0.39 is 171 Å². The number of hydrogen-bond acceptors (Lipinski definition) is 41. The number of benzene rings is 2. The van der Waals surface area contributed by atoms with Gasteiger partial charge < -0.3 is 132 Å². The van der Waals surface area contributed by atoms with Crippen molar-refractivity contribution in [2.75, 3.05) is 47.7 Å². The van der Waals surface area contributed by atoms with Gasteiger partial charge in [0.1, 0.15) is 73.2 Å². The predicted molar refractivity (Wildman–Crippen MR) is 529 cm³/mol. The molecule has 15 heterocycles. The molecule has 9 aliphatic rings. The Kier molecular flexibility index (Phi) is 47.7. The van der Waals surface area contributed by atoms with Crippen molar-refractivity contribution in [3.63, 3.8) is 0 Å². The van der Waals surface area contributed by atoms with Gasteiger partial charge in [-0.2, -0.15) is 0 Å². The van der Waals surface area contributed by atoms with Crippen LogP contribution in [0.15, 0.2) is 151 Å². The van der Waals surface area contributed by atoms with Crippen LogP contribution >= 0.6 is 84.9 Å². The van der Waals surface area contributed by atoms with Gasteiger partial charge in [-0.25, -0.2) is 9.59 Å². The first-order valence-corrected chi connectivity index (χ1v) is 48.4. The molecule has 0 bridgehead atoms. The minimum absolute atomic E-state index is 0. The number of carbonyl (C=O) groups excluding carboxylic acids is 3. The van der Waals surface area contributed by atoms with Crippen molar-refractivity contribution < 1.29 is 155 Å². The van der Waals surface area contributed by atoms with Gasteiger partial charge in [0.15, 0.2) is 95.1 Å². The van der Waals surface area contributed by atoms with Crippen LogP contribution in [0.25, 0.3) is 0 Å². The van der Waals surface area contributed by atoms with Crippen LogP contribution in [0.4, 0.5) is 0 Å². The smallest absolute Gasteiger partial charge is 0.870 e. The quantitative estimate of drug-likeness (QED) is 0.0130. The Balaban J connectivity index is 0.000000230. The van der Waals surface area contributed by atoms with Crippen LogP contribution in [0, 0.1) is 40.5 Å². The van der Waals surface area contributed by atoms with E-state index in [1.165, 1.54) is 66.0 Å². The number of hydrogen-bond donors (Lipinski definition) is 15. The molecule has 0 amide bonds. The van der Waals surface area contributed by atoms with Crippen LogP contribution < -0.4 is 57.9 Å². The molecule has 6 unspecified atom stereocenters. The van der Waals surface area contributed by atoms with Crippen molar-refractivity contribution in [2.24, 2.45) is 17.6 Å². The van der Waals surface area contributed by atoms with Crippen molar-refractivity contribution in [1.29, 1.82) is 0 Å². The van der Waals surface area contributed by atoms with E-state index >= 15 is 0 Å². The second-order valence-corrected chi connectivity index (χ2v) is 37.6.